The SMILES string of the molecule is C[C@@H]1CN(Cc2ccsc2)CCN1. The van der Waals surface area contributed by atoms with Crippen LogP contribution in [0.5, 0.6) is 0 Å². The highest BCUT2D eigenvalue weighted by Crippen LogP contribution is 2.10. The van der Waals surface area contributed by atoms with Crippen LogP contribution in [0, 0.1) is 0 Å². The summed E-state index contributed by atoms with van der Waals surface area (Å²) in [5.41, 5.74) is 1.46. The zero-order chi connectivity index (χ0) is 9.10. The Morgan fingerprint density at radius 3 is 3.31 bits per heavy atom. The maximum absolute atomic E-state index is 3.45. The van der Waals surface area contributed by atoms with Crippen molar-refractivity contribution in [2.75, 3.05) is 19.6 Å². The second-order valence-corrected chi connectivity index (χ2v) is 4.50. The van der Waals surface area contributed by atoms with Gasteiger partial charge in [-0.1, -0.05) is 0 Å². The largest absolute Gasteiger partial charge is 0.312 e. The average Bonchev–Trinajstić information content (AvgIpc) is 2.57. The molecule has 1 aromatic heterocycles. The molecule has 0 unspecified atom stereocenters. The fraction of sp³-hybridized carbons (Fsp3) is 0.600. The normalized spacial score (nSPS) is 24.8. The third-order valence-electron chi connectivity index (χ3n) is 2.44. The number of piperazine rings is 1. The second kappa shape index (κ2) is 4.22. The predicted molar refractivity (Wildman–Crippen MR) is 57.1 cm³/mol. The summed E-state index contributed by atoms with van der Waals surface area (Å²) in [6.45, 7) is 6.86. The van der Waals surface area contributed by atoms with E-state index in [1.54, 1.807) is 11.3 Å². The van der Waals surface area contributed by atoms with Gasteiger partial charge < -0.3 is 5.32 Å². The van der Waals surface area contributed by atoms with Crippen molar-refractivity contribution in [1.29, 1.82) is 0 Å². The van der Waals surface area contributed by atoms with Crippen molar-refractivity contribution in [3.63, 3.8) is 0 Å². The molecule has 2 heterocycles. The van der Waals surface area contributed by atoms with Crippen LogP contribution in [0.3, 0.4) is 0 Å². The molecule has 1 fully saturated rings. The first-order valence-electron chi connectivity index (χ1n) is 4.81. The van der Waals surface area contributed by atoms with Gasteiger partial charge in [-0.05, 0) is 29.3 Å². The quantitative estimate of drug-likeness (QED) is 0.772. The Balaban J connectivity index is 1.87. The first-order chi connectivity index (χ1) is 6.34. The first kappa shape index (κ1) is 9.19. The molecule has 0 saturated carbocycles. The fourth-order valence-electron chi connectivity index (χ4n) is 1.80. The van der Waals surface area contributed by atoms with Gasteiger partial charge in [0, 0.05) is 32.2 Å². The molecule has 3 heteroatoms. The number of hydrogen-bond acceptors (Lipinski definition) is 3. The van der Waals surface area contributed by atoms with E-state index in [9.17, 15) is 0 Å². The van der Waals surface area contributed by atoms with Crippen LogP contribution in [0.15, 0.2) is 16.8 Å². The number of nitrogens with one attached hydrogen (secondary N) is 1. The van der Waals surface area contributed by atoms with E-state index < -0.39 is 0 Å². The molecular formula is C10H16N2S. The van der Waals surface area contributed by atoms with Crippen molar-refractivity contribution in [2.45, 2.75) is 19.5 Å². The smallest absolute Gasteiger partial charge is 0.0243 e. The van der Waals surface area contributed by atoms with Gasteiger partial charge in [0.2, 0.25) is 0 Å². The third kappa shape index (κ3) is 2.53. The van der Waals surface area contributed by atoms with Gasteiger partial charge in [-0.15, -0.1) is 0 Å². The third-order valence-corrected chi connectivity index (χ3v) is 3.17. The standard InChI is InChI=1S/C10H16N2S/c1-9-6-12(4-3-11-9)7-10-2-5-13-8-10/h2,5,8-9,11H,3-4,6-7H2,1H3/t9-/m1/s1. The summed E-state index contributed by atoms with van der Waals surface area (Å²) < 4.78 is 0. The summed E-state index contributed by atoms with van der Waals surface area (Å²) in [6.07, 6.45) is 0. The fourth-order valence-corrected chi connectivity index (χ4v) is 2.46. The van der Waals surface area contributed by atoms with E-state index in [1.807, 2.05) is 0 Å². The average molecular weight is 196 g/mol. The van der Waals surface area contributed by atoms with Gasteiger partial charge >= 0.3 is 0 Å². The molecule has 0 spiro atoms. The summed E-state index contributed by atoms with van der Waals surface area (Å²) >= 11 is 1.79. The molecule has 2 rings (SSSR count). The molecule has 0 amide bonds. The second-order valence-electron chi connectivity index (χ2n) is 3.72. The van der Waals surface area contributed by atoms with E-state index in [0.717, 1.165) is 13.1 Å². The van der Waals surface area contributed by atoms with Gasteiger partial charge in [0.15, 0.2) is 0 Å². The Morgan fingerprint density at radius 2 is 2.62 bits per heavy atom. The molecule has 1 aromatic rings. The zero-order valence-electron chi connectivity index (χ0n) is 7.99. The van der Waals surface area contributed by atoms with Gasteiger partial charge in [0.1, 0.15) is 0 Å². The minimum absolute atomic E-state index is 0.646. The van der Waals surface area contributed by atoms with Crippen LogP contribution in [0.25, 0.3) is 0 Å². The number of nitrogens with zero attached hydrogens (tertiary/aromatic N) is 1. The topological polar surface area (TPSA) is 15.3 Å². The van der Waals surface area contributed by atoms with Crippen LogP contribution in [0.2, 0.25) is 0 Å². The highest BCUT2D eigenvalue weighted by molar-refractivity contribution is 7.07. The van der Waals surface area contributed by atoms with E-state index in [2.05, 4.69) is 34.0 Å². The molecule has 0 aliphatic carbocycles. The Labute approximate surface area is 83.6 Å². The van der Waals surface area contributed by atoms with Crippen LogP contribution in [-0.4, -0.2) is 30.6 Å². The molecule has 0 bridgehead atoms. The maximum atomic E-state index is 3.45. The van der Waals surface area contributed by atoms with Crippen molar-refractivity contribution in [1.82, 2.24) is 10.2 Å². The van der Waals surface area contributed by atoms with E-state index in [1.165, 1.54) is 18.7 Å². The lowest BCUT2D eigenvalue weighted by atomic mass is 10.2. The van der Waals surface area contributed by atoms with E-state index >= 15 is 0 Å². The van der Waals surface area contributed by atoms with Gasteiger partial charge in [-0.2, -0.15) is 11.3 Å². The van der Waals surface area contributed by atoms with Crippen molar-refractivity contribution in [3.05, 3.63) is 22.4 Å². The monoisotopic (exact) mass is 196 g/mol. The van der Waals surface area contributed by atoms with Crippen LogP contribution in [0.4, 0.5) is 0 Å². The van der Waals surface area contributed by atoms with Crippen molar-refractivity contribution in [3.8, 4) is 0 Å². The Bertz CT molecular complexity index is 245. The summed E-state index contributed by atoms with van der Waals surface area (Å²) in [7, 11) is 0. The molecule has 1 N–H and O–H groups in total. The number of hydrogen-bond donors (Lipinski definition) is 1. The predicted octanol–water partition coefficient (Wildman–Crippen LogP) is 1.54. The molecule has 1 saturated heterocycles. The molecule has 0 aromatic carbocycles. The lowest BCUT2D eigenvalue weighted by Gasteiger charge is -2.31. The van der Waals surface area contributed by atoms with E-state index in [-0.39, 0.29) is 0 Å². The zero-order valence-corrected chi connectivity index (χ0v) is 8.81. The minimum atomic E-state index is 0.646. The van der Waals surface area contributed by atoms with Gasteiger partial charge in [0.05, 0.1) is 0 Å². The minimum Gasteiger partial charge on any atom is -0.312 e. The molecule has 2 nitrogen and oxygen atoms in total. The Morgan fingerprint density at radius 1 is 1.69 bits per heavy atom. The van der Waals surface area contributed by atoms with Crippen molar-refractivity contribution in [2.24, 2.45) is 0 Å². The maximum Gasteiger partial charge on any atom is 0.0243 e. The van der Waals surface area contributed by atoms with Gasteiger partial charge in [-0.25, -0.2) is 0 Å². The highest BCUT2D eigenvalue weighted by Gasteiger charge is 2.15. The molecule has 72 valence electrons. The summed E-state index contributed by atoms with van der Waals surface area (Å²) in [5.74, 6) is 0. The van der Waals surface area contributed by atoms with E-state index in [4.69, 9.17) is 0 Å². The lowest BCUT2D eigenvalue weighted by Crippen LogP contribution is -2.48. The molecule has 13 heavy (non-hydrogen) atoms. The van der Waals surface area contributed by atoms with Crippen LogP contribution in [0.1, 0.15) is 12.5 Å². The van der Waals surface area contributed by atoms with Crippen molar-refractivity contribution >= 4 is 11.3 Å². The van der Waals surface area contributed by atoms with E-state index in [0.29, 0.717) is 6.04 Å². The van der Waals surface area contributed by atoms with Crippen LogP contribution in [-0.2, 0) is 6.54 Å². The van der Waals surface area contributed by atoms with Crippen LogP contribution >= 0.6 is 11.3 Å². The lowest BCUT2D eigenvalue weighted by molar-refractivity contribution is 0.200. The van der Waals surface area contributed by atoms with Gasteiger partial charge in [0.25, 0.3) is 0 Å². The summed E-state index contributed by atoms with van der Waals surface area (Å²) in [6, 6.07) is 2.87. The molecule has 0 radical (unpaired) electrons. The number of rotatable bonds is 2. The van der Waals surface area contributed by atoms with Gasteiger partial charge in [-0.3, -0.25) is 4.90 Å². The molecule has 1 aliphatic rings. The highest BCUT2D eigenvalue weighted by atomic mass is 32.1. The number of thiophene rings is 1. The Kier molecular flexibility index (Phi) is 2.98. The Hall–Kier alpha value is -0.380. The molecular weight excluding hydrogens is 180 g/mol. The van der Waals surface area contributed by atoms with Crippen molar-refractivity contribution < 1.29 is 0 Å². The summed E-state index contributed by atoms with van der Waals surface area (Å²) in [5, 5.41) is 7.85. The first-order valence-corrected chi connectivity index (χ1v) is 5.75. The molecule has 1 aliphatic heterocycles. The van der Waals surface area contributed by atoms with Crippen LogP contribution < -0.4 is 5.32 Å². The summed E-state index contributed by atoms with van der Waals surface area (Å²) in [4.78, 5) is 2.52. The molecule has 1 atom stereocenters.